The van der Waals surface area contributed by atoms with Crippen molar-refractivity contribution in [3.8, 4) is 0 Å². The number of aliphatic hydroxyl groups is 1. The average Bonchev–Trinajstić information content (AvgIpc) is 3.38. The highest BCUT2D eigenvalue weighted by Gasteiger charge is 2.33. The molecule has 0 saturated carbocycles. The molecule has 0 saturated heterocycles. The molecule has 1 unspecified atom stereocenters. The largest absolute Gasteiger partial charge is 0.378 e. The summed E-state index contributed by atoms with van der Waals surface area (Å²) in [5.41, 5.74) is 0.865. The first-order valence-electron chi connectivity index (χ1n) is 8.53. The molecule has 0 radical (unpaired) electrons. The Morgan fingerprint density at radius 1 is 1.04 bits per heavy atom. The minimum Gasteiger partial charge on any atom is -0.378 e. The molecular weight excluding hydrogens is 364 g/mol. The maximum absolute atomic E-state index is 12.1. The number of hydrogen-bond acceptors (Lipinski definition) is 4. The van der Waals surface area contributed by atoms with Gasteiger partial charge in [0.05, 0.1) is 6.54 Å². The quantitative estimate of drug-likeness (QED) is 0.513. The zero-order valence-corrected chi connectivity index (χ0v) is 16.0. The summed E-state index contributed by atoms with van der Waals surface area (Å²) < 4.78 is 0. The number of thiophene rings is 2. The summed E-state index contributed by atoms with van der Waals surface area (Å²) in [5.74, 6) is 0. The lowest BCUT2D eigenvalue weighted by atomic mass is 9.94. The first-order valence-corrected chi connectivity index (χ1v) is 10.4. The van der Waals surface area contributed by atoms with Crippen LogP contribution >= 0.6 is 22.7 Å². The Morgan fingerprint density at radius 3 is 2.58 bits per heavy atom. The smallest absolute Gasteiger partial charge is 0.314 e. The molecule has 26 heavy (non-hydrogen) atoms. The monoisotopic (exact) mass is 386 g/mol. The van der Waals surface area contributed by atoms with Crippen molar-refractivity contribution in [1.82, 2.24) is 10.6 Å². The van der Waals surface area contributed by atoms with E-state index in [1.807, 2.05) is 52.5 Å². The van der Waals surface area contributed by atoms with Gasteiger partial charge in [-0.1, -0.05) is 36.4 Å². The molecular formula is C20H22N2O2S2. The van der Waals surface area contributed by atoms with Crippen LogP contribution in [0, 0.1) is 0 Å². The van der Waals surface area contributed by atoms with Crippen LogP contribution in [-0.2, 0) is 12.0 Å². The van der Waals surface area contributed by atoms with Gasteiger partial charge in [0.2, 0.25) is 0 Å². The fourth-order valence-electron chi connectivity index (χ4n) is 2.75. The fourth-order valence-corrected chi connectivity index (χ4v) is 4.32. The van der Waals surface area contributed by atoms with Crippen LogP contribution in [0.5, 0.6) is 0 Å². The van der Waals surface area contributed by atoms with E-state index in [0.29, 0.717) is 6.54 Å². The van der Waals surface area contributed by atoms with Crippen molar-refractivity contribution in [2.75, 3.05) is 13.1 Å². The molecule has 136 valence electrons. The van der Waals surface area contributed by atoms with Gasteiger partial charge < -0.3 is 15.7 Å². The van der Waals surface area contributed by atoms with E-state index in [9.17, 15) is 9.90 Å². The standard InChI is InChI=1S/C20H22N2O2S2/c23-19(21-11-4-8-16-6-2-1-3-7-16)22-15-20(24,17-10-13-25-14-17)18-9-5-12-26-18/h1-3,5-7,9-10,12-14,24H,4,8,11,15H2,(H2,21,22,23). The summed E-state index contributed by atoms with van der Waals surface area (Å²) in [6.45, 7) is 0.728. The van der Waals surface area contributed by atoms with Crippen molar-refractivity contribution in [2.45, 2.75) is 18.4 Å². The van der Waals surface area contributed by atoms with Crippen LogP contribution in [0.1, 0.15) is 22.4 Å². The van der Waals surface area contributed by atoms with E-state index in [2.05, 4.69) is 22.8 Å². The van der Waals surface area contributed by atoms with Crippen LogP contribution in [0.2, 0.25) is 0 Å². The number of aryl methyl sites for hydroxylation is 1. The van der Waals surface area contributed by atoms with Gasteiger partial charge in [-0.2, -0.15) is 11.3 Å². The number of carbonyl (C=O) groups excluding carboxylic acids is 1. The molecule has 2 aromatic heterocycles. The molecule has 2 heterocycles. The number of rotatable bonds is 8. The summed E-state index contributed by atoms with van der Waals surface area (Å²) in [7, 11) is 0. The number of benzene rings is 1. The molecule has 0 bridgehead atoms. The van der Waals surface area contributed by atoms with Crippen molar-refractivity contribution >= 4 is 28.7 Å². The number of amides is 2. The van der Waals surface area contributed by atoms with Crippen molar-refractivity contribution < 1.29 is 9.90 Å². The molecule has 3 rings (SSSR count). The SMILES string of the molecule is O=C(NCCCc1ccccc1)NCC(O)(c1ccsc1)c1cccs1. The molecule has 1 atom stereocenters. The van der Waals surface area contributed by atoms with E-state index in [0.717, 1.165) is 23.3 Å². The summed E-state index contributed by atoms with van der Waals surface area (Å²) >= 11 is 3.01. The van der Waals surface area contributed by atoms with Crippen LogP contribution in [0.4, 0.5) is 4.79 Å². The average molecular weight is 387 g/mol. The van der Waals surface area contributed by atoms with Crippen molar-refractivity contribution in [3.63, 3.8) is 0 Å². The second kappa shape index (κ2) is 8.98. The van der Waals surface area contributed by atoms with Crippen LogP contribution in [-0.4, -0.2) is 24.2 Å². The highest BCUT2D eigenvalue weighted by molar-refractivity contribution is 7.10. The Hall–Kier alpha value is -2.15. The van der Waals surface area contributed by atoms with E-state index < -0.39 is 5.60 Å². The van der Waals surface area contributed by atoms with Crippen LogP contribution < -0.4 is 10.6 Å². The maximum atomic E-state index is 12.1. The molecule has 1 aromatic carbocycles. The number of urea groups is 1. The van der Waals surface area contributed by atoms with Gasteiger partial charge in [-0.05, 0) is 46.7 Å². The molecule has 0 spiro atoms. The Bertz CT molecular complexity index is 752. The third-order valence-electron chi connectivity index (χ3n) is 4.20. The molecule has 2 amide bonds. The molecule has 0 aliphatic rings. The van der Waals surface area contributed by atoms with E-state index in [-0.39, 0.29) is 12.6 Å². The van der Waals surface area contributed by atoms with Gasteiger partial charge in [-0.15, -0.1) is 11.3 Å². The zero-order valence-electron chi connectivity index (χ0n) is 14.4. The number of carbonyl (C=O) groups is 1. The van der Waals surface area contributed by atoms with E-state index in [1.165, 1.54) is 28.2 Å². The summed E-state index contributed by atoms with van der Waals surface area (Å²) in [5, 5.41) is 22.6. The Balaban J connectivity index is 1.49. The van der Waals surface area contributed by atoms with Gasteiger partial charge in [0.1, 0.15) is 5.60 Å². The Labute approximate surface area is 161 Å². The molecule has 3 N–H and O–H groups in total. The van der Waals surface area contributed by atoms with Gasteiger partial charge >= 0.3 is 6.03 Å². The molecule has 3 aromatic rings. The second-order valence-electron chi connectivity index (χ2n) is 6.05. The minimum atomic E-state index is -1.20. The Kier molecular flexibility index (Phi) is 6.44. The first kappa shape index (κ1) is 18.6. The van der Waals surface area contributed by atoms with Gasteiger partial charge in [0, 0.05) is 17.0 Å². The lowest BCUT2D eigenvalue weighted by molar-refractivity contribution is 0.0864. The summed E-state index contributed by atoms with van der Waals surface area (Å²) in [6, 6.07) is 15.6. The second-order valence-corrected chi connectivity index (χ2v) is 7.78. The molecule has 6 heteroatoms. The highest BCUT2D eigenvalue weighted by atomic mass is 32.1. The van der Waals surface area contributed by atoms with Crippen molar-refractivity contribution in [3.05, 3.63) is 80.7 Å². The normalized spacial score (nSPS) is 13.1. The maximum Gasteiger partial charge on any atom is 0.314 e. The van der Waals surface area contributed by atoms with E-state index in [4.69, 9.17) is 0 Å². The van der Waals surface area contributed by atoms with E-state index >= 15 is 0 Å². The topological polar surface area (TPSA) is 61.4 Å². The van der Waals surface area contributed by atoms with Crippen LogP contribution in [0.25, 0.3) is 0 Å². The minimum absolute atomic E-state index is 0.134. The van der Waals surface area contributed by atoms with Crippen molar-refractivity contribution in [1.29, 1.82) is 0 Å². The predicted molar refractivity (Wildman–Crippen MR) is 108 cm³/mol. The van der Waals surface area contributed by atoms with Gasteiger partial charge in [0.15, 0.2) is 0 Å². The molecule has 0 fully saturated rings. The van der Waals surface area contributed by atoms with Gasteiger partial charge in [-0.3, -0.25) is 0 Å². The van der Waals surface area contributed by atoms with Crippen molar-refractivity contribution in [2.24, 2.45) is 0 Å². The fraction of sp³-hybridized carbons (Fsp3) is 0.250. The summed E-state index contributed by atoms with van der Waals surface area (Å²) in [6.07, 6.45) is 1.80. The lowest BCUT2D eigenvalue weighted by Gasteiger charge is -2.27. The van der Waals surface area contributed by atoms with Crippen LogP contribution in [0.3, 0.4) is 0 Å². The third kappa shape index (κ3) is 4.72. The predicted octanol–water partition coefficient (Wildman–Crippen LogP) is 3.98. The Morgan fingerprint density at radius 2 is 1.88 bits per heavy atom. The number of nitrogens with one attached hydrogen (secondary N) is 2. The van der Waals surface area contributed by atoms with Gasteiger partial charge in [-0.25, -0.2) is 4.79 Å². The highest BCUT2D eigenvalue weighted by Crippen LogP contribution is 2.33. The summed E-state index contributed by atoms with van der Waals surface area (Å²) in [4.78, 5) is 12.9. The van der Waals surface area contributed by atoms with Crippen LogP contribution in [0.15, 0.2) is 64.7 Å². The zero-order chi connectivity index (χ0) is 18.2. The lowest BCUT2D eigenvalue weighted by Crippen LogP contribution is -2.45. The molecule has 0 aliphatic heterocycles. The number of hydrogen-bond donors (Lipinski definition) is 3. The first-order chi connectivity index (χ1) is 12.7. The van der Waals surface area contributed by atoms with Gasteiger partial charge in [0.25, 0.3) is 0 Å². The molecule has 0 aliphatic carbocycles. The molecule has 4 nitrogen and oxygen atoms in total. The third-order valence-corrected chi connectivity index (χ3v) is 5.91. The van der Waals surface area contributed by atoms with E-state index in [1.54, 1.807) is 0 Å².